The van der Waals surface area contributed by atoms with Gasteiger partial charge in [-0.05, 0) is 50.3 Å². The predicted octanol–water partition coefficient (Wildman–Crippen LogP) is 3.03. The Morgan fingerprint density at radius 3 is 2.27 bits per heavy atom. The fraction of sp³-hybridized carbons (Fsp3) is 0.500. The minimum atomic E-state index is -0.944. The Labute approximate surface area is 127 Å². The summed E-state index contributed by atoms with van der Waals surface area (Å²) in [6.07, 6.45) is 2.06. The van der Waals surface area contributed by atoms with E-state index in [1.165, 1.54) is 6.07 Å². The van der Waals surface area contributed by atoms with Gasteiger partial charge in [0, 0.05) is 5.92 Å². The molecule has 2 rings (SSSR count). The molecule has 120 valence electrons. The number of carboxylic acids is 1. The van der Waals surface area contributed by atoms with Gasteiger partial charge in [-0.3, -0.25) is 9.59 Å². The van der Waals surface area contributed by atoms with Crippen LogP contribution < -0.4 is 5.32 Å². The van der Waals surface area contributed by atoms with Crippen molar-refractivity contribution in [3.05, 3.63) is 35.4 Å². The Balaban J connectivity index is 1.91. The maximum Gasteiger partial charge on any atom is 0.306 e. The van der Waals surface area contributed by atoms with E-state index in [2.05, 4.69) is 5.32 Å². The van der Waals surface area contributed by atoms with Gasteiger partial charge in [-0.25, -0.2) is 8.78 Å². The Morgan fingerprint density at radius 1 is 1.14 bits per heavy atom. The molecule has 1 aromatic carbocycles. The van der Waals surface area contributed by atoms with Crippen molar-refractivity contribution < 1.29 is 23.5 Å². The molecule has 0 radical (unpaired) electrons. The first-order chi connectivity index (χ1) is 10.4. The van der Waals surface area contributed by atoms with E-state index < -0.39 is 23.6 Å². The van der Waals surface area contributed by atoms with Gasteiger partial charge in [0.2, 0.25) is 5.91 Å². The highest BCUT2D eigenvalue weighted by Gasteiger charge is 2.30. The van der Waals surface area contributed by atoms with Gasteiger partial charge in [0.15, 0.2) is 11.6 Å². The highest BCUT2D eigenvalue weighted by atomic mass is 19.2. The van der Waals surface area contributed by atoms with Crippen LogP contribution in [0.3, 0.4) is 0 Å². The molecule has 0 spiro atoms. The molecule has 1 unspecified atom stereocenters. The molecule has 1 aromatic rings. The van der Waals surface area contributed by atoms with E-state index in [0.717, 1.165) is 12.1 Å². The number of rotatable bonds is 4. The molecule has 4 nitrogen and oxygen atoms in total. The van der Waals surface area contributed by atoms with Crippen LogP contribution in [0.15, 0.2) is 18.2 Å². The van der Waals surface area contributed by atoms with Crippen LogP contribution in [-0.4, -0.2) is 17.0 Å². The summed E-state index contributed by atoms with van der Waals surface area (Å²) in [5.41, 5.74) is 0.492. The third-order valence-electron chi connectivity index (χ3n) is 4.25. The monoisotopic (exact) mass is 311 g/mol. The molecule has 1 aliphatic rings. The lowest BCUT2D eigenvalue weighted by Gasteiger charge is -2.26. The van der Waals surface area contributed by atoms with Crippen molar-refractivity contribution in [1.82, 2.24) is 5.32 Å². The molecule has 0 aromatic heterocycles. The minimum Gasteiger partial charge on any atom is -0.481 e. The SMILES string of the molecule is CC(NC(=O)C1CCC(C(=O)O)CC1)c1ccc(F)c(F)c1. The zero-order valence-electron chi connectivity index (χ0n) is 12.3. The van der Waals surface area contributed by atoms with Gasteiger partial charge in [0.1, 0.15) is 0 Å². The van der Waals surface area contributed by atoms with Gasteiger partial charge in [-0.1, -0.05) is 6.07 Å². The lowest BCUT2D eigenvalue weighted by molar-refractivity contribution is -0.144. The molecule has 22 heavy (non-hydrogen) atoms. The number of benzene rings is 1. The molecular weight excluding hydrogens is 292 g/mol. The van der Waals surface area contributed by atoms with Crippen LogP contribution in [0.2, 0.25) is 0 Å². The number of amides is 1. The van der Waals surface area contributed by atoms with Crippen molar-refractivity contribution in [2.45, 2.75) is 38.6 Å². The zero-order chi connectivity index (χ0) is 16.3. The predicted molar refractivity (Wildman–Crippen MR) is 76.0 cm³/mol. The Hall–Kier alpha value is -1.98. The molecule has 1 saturated carbocycles. The van der Waals surface area contributed by atoms with Crippen molar-refractivity contribution in [1.29, 1.82) is 0 Å². The van der Waals surface area contributed by atoms with Crippen molar-refractivity contribution in [3.8, 4) is 0 Å². The number of nitrogens with one attached hydrogen (secondary N) is 1. The van der Waals surface area contributed by atoms with Crippen LogP contribution in [0.5, 0.6) is 0 Å². The standard InChI is InChI=1S/C16H19F2NO3/c1-9(12-6-7-13(17)14(18)8-12)19-15(20)10-2-4-11(5-3-10)16(21)22/h6-11H,2-5H2,1H3,(H,19,20)(H,21,22). The lowest BCUT2D eigenvalue weighted by Crippen LogP contribution is -2.35. The second kappa shape index (κ2) is 6.85. The molecular formula is C16H19F2NO3. The highest BCUT2D eigenvalue weighted by molar-refractivity contribution is 5.79. The molecule has 2 N–H and O–H groups in total. The Kier molecular flexibility index (Phi) is 5.11. The van der Waals surface area contributed by atoms with E-state index in [1.807, 2.05) is 0 Å². The maximum atomic E-state index is 13.2. The summed E-state index contributed by atoms with van der Waals surface area (Å²) in [4.78, 5) is 23.1. The normalized spacial score (nSPS) is 22.9. The van der Waals surface area contributed by atoms with Crippen LogP contribution in [0.25, 0.3) is 0 Å². The van der Waals surface area contributed by atoms with Gasteiger partial charge >= 0.3 is 5.97 Å². The molecule has 1 amide bonds. The van der Waals surface area contributed by atoms with Crippen molar-refractivity contribution >= 4 is 11.9 Å². The van der Waals surface area contributed by atoms with E-state index >= 15 is 0 Å². The average Bonchev–Trinajstić information content (AvgIpc) is 2.50. The van der Waals surface area contributed by atoms with Crippen LogP contribution >= 0.6 is 0 Å². The summed E-state index contributed by atoms with van der Waals surface area (Å²) in [6.45, 7) is 1.70. The quantitative estimate of drug-likeness (QED) is 0.898. The van der Waals surface area contributed by atoms with E-state index in [1.54, 1.807) is 6.92 Å². The first-order valence-electron chi connectivity index (χ1n) is 7.36. The molecule has 1 fully saturated rings. The average molecular weight is 311 g/mol. The number of aliphatic carboxylic acids is 1. The van der Waals surface area contributed by atoms with Crippen molar-refractivity contribution in [2.75, 3.05) is 0 Å². The van der Waals surface area contributed by atoms with Gasteiger partial charge < -0.3 is 10.4 Å². The van der Waals surface area contributed by atoms with Crippen molar-refractivity contribution in [2.24, 2.45) is 11.8 Å². The third-order valence-corrected chi connectivity index (χ3v) is 4.25. The van der Waals surface area contributed by atoms with Crippen LogP contribution in [0.1, 0.15) is 44.2 Å². The number of hydrogen-bond donors (Lipinski definition) is 2. The highest BCUT2D eigenvalue weighted by Crippen LogP contribution is 2.29. The topological polar surface area (TPSA) is 66.4 Å². The molecule has 0 bridgehead atoms. The first kappa shape index (κ1) is 16.4. The van der Waals surface area contributed by atoms with Gasteiger partial charge in [-0.15, -0.1) is 0 Å². The summed E-state index contributed by atoms with van der Waals surface area (Å²) in [7, 11) is 0. The van der Waals surface area contributed by atoms with Crippen molar-refractivity contribution in [3.63, 3.8) is 0 Å². The first-order valence-corrected chi connectivity index (χ1v) is 7.36. The molecule has 0 heterocycles. The number of carboxylic acid groups (broad SMARTS) is 1. The van der Waals surface area contributed by atoms with Crippen LogP contribution in [-0.2, 0) is 9.59 Å². The maximum absolute atomic E-state index is 13.2. The molecule has 0 saturated heterocycles. The molecule has 6 heteroatoms. The molecule has 0 aliphatic heterocycles. The molecule has 1 aliphatic carbocycles. The summed E-state index contributed by atoms with van der Waals surface area (Å²) < 4.78 is 26.1. The second-order valence-electron chi connectivity index (χ2n) is 5.79. The Bertz CT molecular complexity index is 569. The summed E-state index contributed by atoms with van der Waals surface area (Å²) in [5.74, 6) is -3.43. The number of carbonyl (C=O) groups is 2. The fourth-order valence-electron chi connectivity index (χ4n) is 2.80. The van der Waals surface area contributed by atoms with Gasteiger partial charge in [0.25, 0.3) is 0 Å². The third kappa shape index (κ3) is 3.81. The fourth-order valence-corrected chi connectivity index (χ4v) is 2.80. The number of hydrogen-bond acceptors (Lipinski definition) is 2. The van der Waals surface area contributed by atoms with E-state index in [-0.39, 0.29) is 17.7 Å². The minimum absolute atomic E-state index is 0.166. The lowest BCUT2D eigenvalue weighted by atomic mass is 9.81. The number of carbonyl (C=O) groups excluding carboxylic acids is 1. The summed E-state index contributed by atoms with van der Waals surface area (Å²) >= 11 is 0. The number of halogens is 2. The summed E-state index contributed by atoms with van der Waals surface area (Å²) in [5, 5.41) is 11.7. The van der Waals surface area contributed by atoms with E-state index in [4.69, 9.17) is 5.11 Å². The van der Waals surface area contributed by atoms with Crippen LogP contribution in [0, 0.1) is 23.5 Å². The molecule has 1 atom stereocenters. The van der Waals surface area contributed by atoms with E-state index in [0.29, 0.717) is 31.2 Å². The van der Waals surface area contributed by atoms with E-state index in [9.17, 15) is 18.4 Å². The zero-order valence-corrected chi connectivity index (χ0v) is 12.3. The smallest absolute Gasteiger partial charge is 0.306 e. The second-order valence-corrected chi connectivity index (χ2v) is 5.79. The van der Waals surface area contributed by atoms with Gasteiger partial charge in [-0.2, -0.15) is 0 Å². The Morgan fingerprint density at radius 2 is 1.73 bits per heavy atom. The van der Waals surface area contributed by atoms with Gasteiger partial charge in [0.05, 0.1) is 12.0 Å². The largest absolute Gasteiger partial charge is 0.481 e. The summed E-state index contributed by atoms with van der Waals surface area (Å²) in [6, 6.07) is 3.11. The van der Waals surface area contributed by atoms with Crippen LogP contribution in [0.4, 0.5) is 8.78 Å².